The molecule has 2 rings (SSSR count). The Morgan fingerprint density at radius 2 is 2.00 bits per heavy atom. The molecule has 0 bridgehead atoms. The molecule has 1 N–H and O–H groups in total. The predicted octanol–water partition coefficient (Wildman–Crippen LogP) is 1.74. The van der Waals surface area contributed by atoms with E-state index in [-0.39, 0.29) is 22.3 Å². The second kappa shape index (κ2) is 5.11. The van der Waals surface area contributed by atoms with Crippen LogP contribution in [0.25, 0.3) is 0 Å². The van der Waals surface area contributed by atoms with Crippen molar-refractivity contribution in [3.8, 4) is 5.75 Å². The van der Waals surface area contributed by atoms with Crippen molar-refractivity contribution in [3.05, 3.63) is 30.3 Å². The Balaban J connectivity index is 2.05. The molecule has 0 aromatic heterocycles. The van der Waals surface area contributed by atoms with Crippen LogP contribution in [-0.4, -0.2) is 32.4 Å². The van der Waals surface area contributed by atoms with Crippen LogP contribution in [0.4, 0.5) is 4.79 Å². The zero-order chi connectivity index (χ0) is 13.1. The largest absolute Gasteiger partial charge is 0.460 e. The highest BCUT2D eigenvalue weighted by Gasteiger charge is 2.34. The Hall–Kier alpha value is -1.99. The Bertz CT molecular complexity index is 475. The van der Waals surface area contributed by atoms with E-state index in [4.69, 9.17) is 17.0 Å². The van der Waals surface area contributed by atoms with Crippen molar-refractivity contribution in [2.75, 3.05) is 0 Å². The molecule has 1 aliphatic heterocycles. The topological polar surface area (TPSA) is 70.1 Å². The lowest BCUT2D eigenvalue weighted by atomic mass is 10.3. The monoisotopic (exact) mass is 266 g/mol. The van der Waals surface area contributed by atoms with Crippen molar-refractivity contribution in [1.82, 2.24) is 10.2 Å². The summed E-state index contributed by atoms with van der Waals surface area (Å²) in [6, 6.07) is 8.21. The first-order valence-corrected chi connectivity index (χ1v) is 5.62. The van der Waals surface area contributed by atoms with Crippen molar-refractivity contribution < 1.29 is 19.5 Å². The first-order chi connectivity index (χ1) is 8.59. The van der Waals surface area contributed by atoms with E-state index in [0.717, 1.165) is 5.01 Å². The summed E-state index contributed by atoms with van der Waals surface area (Å²) in [7, 11) is 0. The molecule has 1 heterocycles. The van der Waals surface area contributed by atoms with E-state index in [1.165, 1.54) is 0 Å². The van der Waals surface area contributed by atoms with E-state index in [0.29, 0.717) is 6.42 Å². The summed E-state index contributed by atoms with van der Waals surface area (Å²) in [6.07, 6.45) is -0.572. The van der Waals surface area contributed by atoms with Crippen molar-refractivity contribution in [2.45, 2.75) is 12.8 Å². The van der Waals surface area contributed by atoms with Gasteiger partial charge in [0.15, 0.2) is 0 Å². The van der Waals surface area contributed by atoms with Crippen LogP contribution in [-0.2, 0) is 4.79 Å². The molecule has 0 unspecified atom stereocenters. The minimum absolute atomic E-state index is 0.102. The van der Waals surface area contributed by atoms with Gasteiger partial charge in [0.25, 0.3) is 0 Å². The molecule has 18 heavy (non-hydrogen) atoms. The number of ether oxygens (including phenoxy) is 1. The van der Waals surface area contributed by atoms with Gasteiger partial charge in [-0.1, -0.05) is 35.6 Å². The van der Waals surface area contributed by atoms with Crippen molar-refractivity contribution >= 4 is 29.2 Å². The van der Waals surface area contributed by atoms with Gasteiger partial charge < -0.3 is 4.74 Å². The van der Waals surface area contributed by atoms with Crippen molar-refractivity contribution in [2.24, 2.45) is 0 Å². The van der Waals surface area contributed by atoms with Crippen molar-refractivity contribution in [3.63, 3.8) is 0 Å². The van der Waals surface area contributed by atoms with Crippen LogP contribution < -0.4 is 4.74 Å². The number of carbonyl (C=O) groups excluding carboxylic acids is 2. The molecule has 1 fully saturated rings. The highest BCUT2D eigenvalue weighted by Crippen LogP contribution is 2.17. The first-order valence-electron chi connectivity index (χ1n) is 5.21. The van der Waals surface area contributed by atoms with E-state index in [2.05, 4.69) is 0 Å². The molecule has 0 atom stereocenters. The summed E-state index contributed by atoms with van der Waals surface area (Å²) < 4.78 is 4.87. The Morgan fingerprint density at radius 3 is 2.56 bits per heavy atom. The number of hydrazine groups is 1. The molecule has 0 radical (unpaired) electrons. The third-order valence-electron chi connectivity index (χ3n) is 2.33. The average Bonchev–Trinajstić information content (AvgIpc) is 2.69. The molecule has 2 amide bonds. The summed E-state index contributed by atoms with van der Waals surface area (Å²) >= 11 is 4.87. The van der Waals surface area contributed by atoms with Gasteiger partial charge in [0.1, 0.15) is 10.7 Å². The zero-order valence-electron chi connectivity index (χ0n) is 9.28. The molecule has 6 nitrogen and oxygen atoms in total. The van der Waals surface area contributed by atoms with E-state index in [9.17, 15) is 14.8 Å². The van der Waals surface area contributed by atoms with Gasteiger partial charge in [-0.15, -0.1) is 0 Å². The van der Waals surface area contributed by atoms with Crippen LogP contribution in [0.15, 0.2) is 30.3 Å². The summed E-state index contributed by atoms with van der Waals surface area (Å²) in [6.45, 7) is 0. The Morgan fingerprint density at radius 1 is 1.33 bits per heavy atom. The number of nitrogens with zero attached hydrogens (tertiary/aromatic N) is 2. The third kappa shape index (κ3) is 2.47. The van der Waals surface area contributed by atoms with E-state index in [1.807, 2.05) is 0 Å². The fraction of sp³-hybridized carbons (Fsp3) is 0.182. The zero-order valence-corrected chi connectivity index (χ0v) is 10.1. The maximum absolute atomic E-state index is 11.6. The van der Waals surface area contributed by atoms with Gasteiger partial charge in [0.05, 0.1) is 0 Å². The first kappa shape index (κ1) is 12.5. The van der Waals surface area contributed by atoms with Crippen LogP contribution in [0.5, 0.6) is 5.75 Å². The average molecular weight is 266 g/mol. The maximum Gasteiger partial charge on any atom is 0.460 e. The SMILES string of the molecule is O=C(Oc1ccccc1)N(O)N1C(=O)CCC1=S. The number of thiocarbonyl (C=S) groups is 1. The molecule has 7 heteroatoms. The van der Waals surface area contributed by atoms with Crippen LogP contribution in [0, 0.1) is 0 Å². The van der Waals surface area contributed by atoms with E-state index < -0.39 is 12.0 Å². The second-order valence-corrected chi connectivity index (χ2v) is 4.04. The molecule has 1 aliphatic rings. The number of hydrogen-bond acceptors (Lipinski definition) is 5. The fourth-order valence-electron chi connectivity index (χ4n) is 1.49. The molecule has 94 valence electrons. The smallest absolute Gasteiger partial charge is 0.407 e. The maximum atomic E-state index is 11.6. The summed E-state index contributed by atoms with van der Waals surface area (Å²) in [5.74, 6) is -0.174. The van der Waals surface area contributed by atoms with Crippen LogP contribution >= 0.6 is 12.2 Å². The summed E-state index contributed by atoms with van der Waals surface area (Å²) in [5, 5.41) is 10.4. The molecule has 1 aromatic rings. The number of para-hydroxylation sites is 1. The third-order valence-corrected chi connectivity index (χ3v) is 2.70. The summed E-state index contributed by atoms with van der Waals surface area (Å²) in [4.78, 5) is 23.2. The van der Waals surface area contributed by atoms with Gasteiger partial charge in [-0.25, -0.2) is 4.79 Å². The van der Waals surface area contributed by atoms with Gasteiger partial charge in [0.2, 0.25) is 5.91 Å². The van der Waals surface area contributed by atoms with Gasteiger partial charge in [-0.2, -0.15) is 5.01 Å². The standard InChI is InChI=1S/C11H10N2O4S/c14-9-6-7-10(18)12(9)13(16)11(15)17-8-4-2-1-3-5-8/h1-5,16H,6-7H2. The van der Waals surface area contributed by atoms with Gasteiger partial charge >= 0.3 is 6.09 Å². The minimum Gasteiger partial charge on any atom is -0.407 e. The normalized spacial score (nSPS) is 14.8. The molecule has 0 aliphatic carbocycles. The lowest BCUT2D eigenvalue weighted by molar-refractivity contribution is -0.184. The minimum atomic E-state index is -1.08. The van der Waals surface area contributed by atoms with Gasteiger partial charge in [-0.3, -0.25) is 10.0 Å². The van der Waals surface area contributed by atoms with Crippen LogP contribution in [0.2, 0.25) is 0 Å². The van der Waals surface area contributed by atoms with Crippen LogP contribution in [0.3, 0.4) is 0 Å². The number of hydrogen-bond donors (Lipinski definition) is 1. The molecule has 1 aromatic carbocycles. The molecule has 1 saturated heterocycles. The quantitative estimate of drug-likeness (QED) is 0.501. The van der Waals surface area contributed by atoms with E-state index in [1.54, 1.807) is 30.3 Å². The van der Waals surface area contributed by atoms with Gasteiger partial charge in [0, 0.05) is 12.8 Å². The Labute approximate surface area is 108 Å². The number of carbonyl (C=O) groups is 2. The highest BCUT2D eigenvalue weighted by molar-refractivity contribution is 7.80. The van der Waals surface area contributed by atoms with Gasteiger partial charge in [-0.05, 0) is 12.1 Å². The molecule has 0 saturated carbocycles. The number of hydroxylamine groups is 1. The molecular formula is C11H10N2O4S. The van der Waals surface area contributed by atoms with Crippen molar-refractivity contribution in [1.29, 1.82) is 0 Å². The number of amides is 2. The highest BCUT2D eigenvalue weighted by atomic mass is 32.1. The Kier molecular flexibility index (Phi) is 3.54. The predicted molar refractivity (Wildman–Crippen MR) is 64.8 cm³/mol. The number of rotatable bonds is 2. The fourth-order valence-corrected chi connectivity index (χ4v) is 1.77. The van der Waals surface area contributed by atoms with Crippen LogP contribution in [0.1, 0.15) is 12.8 Å². The lowest BCUT2D eigenvalue weighted by Gasteiger charge is -2.23. The molecule has 0 spiro atoms. The van der Waals surface area contributed by atoms with E-state index >= 15 is 0 Å². The lowest BCUT2D eigenvalue weighted by Crippen LogP contribution is -2.47. The number of benzene rings is 1. The molecular weight excluding hydrogens is 256 g/mol. The summed E-state index contributed by atoms with van der Waals surface area (Å²) in [5.41, 5.74) is 0. The second-order valence-electron chi connectivity index (χ2n) is 3.57.